The molecule has 0 atom stereocenters. The van der Waals surface area contributed by atoms with E-state index in [1.54, 1.807) is 11.1 Å². The Morgan fingerprint density at radius 2 is 1.37 bits per heavy atom. The Hall–Kier alpha value is -0.260. The molecule has 0 saturated carbocycles. The Balaban J connectivity index is 0. The number of hydrogen-bond acceptors (Lipinski definition) is 0. The van der Waals surface area contributed by atoms with Crippen LogP contribution in [0.5, 0.6) is 0 Å². The van der Waals surface area contributed by atoms with Crippen LogP contribution in [0.2, 0.25) is 0 Å². The van der Waals surface area contributed by atoms with Gasteiger partial charge in [-0.25, -0.2) is 0 Å². The van der Waals surface area contributed by atoms with Crippen LogP contribution in [0.1, 0.15) is 94.9 Å². The third kappa shape index (κ3) is 4.65. The highest BCUT2D eigenvalue weighted by atomic mass is 14.5. The van der Waals surface area contributed by atoms with Crippen molar-refractivity contribution < 1.29 is 0 Å². The summed E-state index contributed by atoms with van der Waals surface area (Å²) in [5.41, 5.74) is 3.96. The van der Waals surface area contributed by atoms with Crippen molar-refractivity contribution in [3.8, 4) is 0 Å². The van der Waals surface area contributed by atoms with E-state index in [0.717, 1.165) is 11.8 Å². The van der Waals surface area contributed by atoms with Gasteiger partial charge >= 0.3 is 0 Å². The molecule has 0 aromatic rings. The molecule has 19 heavy (non-hydrogen) atoms. The van der Waals surface area contributed by atoms with Crippen molar-refractivity contribution in [3.05, 3.63) is 11.1 Å². The van der Waals surface area contributed by atoms with Gasteiger partial charge in [0, 0.05) is 0 Å². The van der Waals surface area contributed by atoms with Crippen LogP contribution < -0.4 is 0 Å². The van der Waals surface area contributed by atoms with Crippen molar-refractivity contribution in [2.45, 2.75) is 94.9 Å². The largest absolute Gasteiger partial charge is 0.0735 e. The summed E-state index contributed by atoms with van der Waals surface area (Å²) in [4.78, 5) is 0. The van der Waals surface area contributed by atoms with Crippen LogP contribution in [0.3, 0.4) is 0 Å². The van der Waals surface area contributed by atoms with Crippen molar-refractivity contribution in [2.75, 3.05) is 0 Å². The van der Waals surface area contributed by atoms with Crippen molar-refractivity contribution in [1.29, 1.82) is 0 Å². The Morgan fingerprint density at radius 1 is 0.947 bits per heavy atom. The van der Waals surface area contributed by atoms with E-state index in [9.17, 15) is 0 Å². The van der Waals surface area contributed by atoms with E-state index in [2.05, 4.69) is 41.5 Å². The number of hydrogen-bond donors (Lipinski definition) is 0. The lowest BCUT2D eigenvalue weighted by molar-refractivity contribution is 0.128. The summed E-state index contributed by atoms with van der Waals surface area (Å²) in [5, 5.41) is 0. The first-order valence-corrected chi connectivity index (χ1v) is 8.65. The van der Waals surface area contributed by atoms with Gasteiger partial charge in [-0.1, -0.05) is 73.5 Å². The van der Waals surface area contributed by atoms with Gasteiger partial charge in [0.15, 0.2) is 0 Å². The number of allylic oxidation sites excluding steroid dienone is 2. The molecule has 0 N–H and O–H groups in total. The Labute approximate surface area is 124 Å². The summed E-state index contributed by atoms with van der Waals surface area (Å²) in [6, 6.07) is 0. The molecule has 0 unspecified atom stereocenters. The van der Waals surface area contributed by atoms with E-state index in [0.29, 0.717) is 5.41 Å². The van der Waals surface area contributed by atoms with Crippen LogP contribution in [-0.4, -0.2) is 0 Å². The summed E-state index contributed by atoms with van der Waals surface area (Å²) >= 11 is 0. The van der Waals surface area contributed by atoms with Gasteiger partial charge in [-0.2, -0.15) is 0 Å². The first-order chi connectivity index (χ1) is 8.96. The highest BCUT2D eigenvalue weighted by Crippen LogP contribution is 2.52. The molecule has 0 aromatic heterocycles. The summed E-state index contributed by atoms with van der Waals surface area (Å²) < 4.78 is 0. The highest BCUT2D eigenvalue weighted by molar-refractivity contribution is 5.25. The van der Waals surface area contributed by atoms with E-state index in [1.165, 1.54) is 25.7 Å². The summed E-state index contributed by atoms with van der Waals surface area (Å²) in [5.74, 6) is 1.56. The van der Waals surface area contributed by atoms with Crippen LogP contribution >= 0.6 is 0 Å². The topological polar surface area (TPSA) is 0 Å². The van der Waals surface area contributed by atoms with Gasteiger partial charge in [0.25, 0.3) is 0 Å². The second-order valence-corrected chi connectivity index (χ2v) is 5.82. The van der Waals surface area contributed by atoms with Gasteiger partial charge in [0.1, 0.15) is 0 Å². The maximum absolute atomic E-state index is 2.41. The molecule has 1 rings (SSSR count). The quantitative estimate of drug-likeness (QED) is 0.473. The fourth-order valence-electron chi connectivity index (χ4n) is 3.92. The van der Waals surface area contributed by atoms with Crippen molar-refractivity contribution in [1.82, 2.24) is 0 Å². The van der Waals surface area contributed by atoms with Crippen molar-refractivity contribution in [2.24, 2.45) is 17.3 Å². The molecule has 0 nitrogen and oxygen atoms in total. The monoisotopic (exact) mass is 268 g/mol. The van der Waals surface area contributed by atoms with Gasteiger partial charge in [-0.05, 0) is 49.9 Å². The Bertz CT molecular complexity index is 235. The normalized spacial score (nSPS) is 17.7. The molecule has 0 spiro atoms. The van der Waals surface area contributed by atoms with E-state index in [4.69, 9.17) is 0 Å². The molecule has 0 amide bonds. The second kappa shape index (κ2) is 10.5. The standard InChI is InChI=1S/C15H28.2C2H6/c1-7-14-13(6)9-8-10-15(14,11(2)3)12(4)5;2*1-2/h11-12H,7-10H2,1-6H3;2*1-2H3. The Kier molecular flexibility index (Phi) is 11.7. The van der Waals surface area contributed by atoms with Crippen molar-refractivity contribution >= 4 is 0 Å². The van der Waals surface area contributed by atoms with Crippen LogP contribution in [0.25, 0.3) is 0 Å². The molecular formula is C19H40. The smallest absolute Gasteiger partial charge is 0.00396 e. The molecule has 1 aliphatic rings. The third-order valence-electron chi connectivity index (χ3n) is 4.63. The number of rotatable bonds is 3. The predicted octanol–water partition coefficient (Wildman–Crippen LogP) is 7.25. The minimum Gasteiger partial charge on any atom is -0.0735 e. The average molecular weight is 269 g/mol. The maximum Gasteiger partial charge on any atom is -0.00396 e. The SMILES string of the molecule is CC.CC.CCC1=C(C)CCCC1(C(C)C)C(C)C. The van der Waals surface area contributed by atoms with Gasteiger partial charge in [0.2, 0.25) is 0 Å². The Morgan fingerprint density at radius 3 is 1.63 bits per heavy atom. The molecule has 0 saturated heterocycles. The first kappa shape index (κ1) is 21.0. The zero-order valence-corrected chi connectivity index (χ0v) is 15.5. The van der Waals surface area contributed by atoms with Crippen LogP contribution in [0.4, 0.5) is 0 Å². The maximum atomic E-state index is 2.41. The van der Waals surface area contributed by atoms with E-state index in [-0.39, 0.29) is 0 Å². The highest BCUT2D eigenvalue weighted by Gasteiger charge is 2.41. The van der Waals surface area contributed by atoms with Crippen LogP contribution in [-0.2, 0) is 0 Å². The fourth-order valence-corrected chi connectivity index (χ4v) is 3.92. The molecule has 0 fully saturated rings. The molecule has 1 aliphatic carbocycles. The molecule has 0 heteroatoms. The summed E-state index contributed by atoms with van der Waals surface area (Å²) in [6.07, 6.45) is 5.39. The molecule has 0 bridgehead atoms. The van der Waals surface area contributed by atoms with Crippen LogP contribution in [0.15, 0.2) is 11.1 Å². The van der Waals surface area contributed by atoms with Gasteiger partial charge in [-0.3, -0.25) is 0 Å². The molecular weight excluding hydrogens is 228 g/mol. The zero-order chi connectivity index (χ0) is 15.6. The lowest BCUT2D eigenvalue weighted by Crippen LogP contribution is -2.37. The lowest BCUT2D eigenvalue weighted by atomic mass is 9.57. The minimum absolute atomic E-state index is 0.497. The van der Waals surface area contributed by atoms with E-state index >= 15 is 0 Å². The fraction of sp³-hybridized carbons (Fsp3) is 0.895. The van der Waals surface area contributed by atoms with E-state index in [1.807, 2.05) is 27.7 Å². The molecule has 116 valence electrons. The molecule has 0 radical (unpaired) electrons. The average Bonchev–Trinajstić information content (AvgIpc) is 2.42. The lowest BCUT2D eigenvalue weighted by Gasteiger charge is -2.47. The predicted molar refractivity (Wildman–Crippen MR) is 91.6 cm³/mol. The van der Waals surface area contributed by atoms with Gasteiger partial charge < -0.3 is 0 Å². The van der Waals surface area contributed by atoms with Gasteiger partial charge in [0.05, 0.1) is 0 Å². The summed E-state index contributed by atoms with van der Waals surface area (Å²) in [7, 11) is 0. The van der Waals surface area contributed by atoms with Crippen molar-refractivity contribution in [3.63, 3.8) is 0 Å². The van der Waals surface area contributed by atoms with Gasteiger partial charge in [-0.15, -0.1) is 0 Å². The van der Waals surface area contributed by atoms with E-state index < -0.39 is 0 Å². The molecule has 0 aliphatic heterocycles. The third-order valence-corrected chi connectivity index (χ3v) is 4.63. The zero-order valence-electron chi connectivity index (χ0n) is 15.5. The molecule has 0 aromatic carbocycles. The van der Waals surface area contributed by atoms with Crippen LogP contribution in [0, 0.1) is 17.3 Å². The minimum atomic E-state index is 0.497. The first-order valence-electron chi connectivity index (χ1n) is 8.65. The molecule has 0 heterocycles. The summed E-state index contributed by atoms with van der Waals surface area (Å²) in [6.45, 7) is 22.3. The second-order valence-electron chi connectivity index (χ2n) is 5.82.